The summed E-state index contributed by atoms with van der Waals surface area (Å²) < 4.78 is 7.60. The lowest BCUT2D eigenvalue weighted by Gasteiger charge is -2.38. The van der Waals surface area contributed by atoms with Crippen molar-refractivity contribution in [1.82, 2.24) is 24.6 Å². The zero-order valence-corrected chi connectivity index (χ0v) is 23.7. The molecule has 0 bridgehead atoms. The second kappa shape index (κ2) is 11.7. The summed E-state index contributed by atoms with van der Waals surface area (Å²) in [6, 6.07) is 11.9. The van der Waals surface area contributed by atoms with Crippen LogP contribution in [0, 0.1) is 0 Å². The van der Waals surface area contributed by atoms with E-state index < -0.39 is 0 Å². The lowest BCUT2D eigenvalue weighted by atomic mass is 10.0. The zero-order chi connectivity index (χ0) is 29.1. The number of anilines is 4. The van der Waals surface area contributed by atoms with Gasteiger partial charge < -0.3 is 25.2 Å². The minimum absolute atomic E-state index is 0.0904. The molecule has 11 heteroatoms. The van der Waals surface area contributed by atoms with E-state index in [0.29, 0.717) is 36.0 Å². The van der Waals surface area contributed by atoms with Crippen molar-refractivity contribution in [2.24, 2.45) is 7.05 Å². The molecule has 41 heavy (non-hydrogen) atoms. The van der Waals surface area contributed by atoms with Gasteiger partial charge in [0.25, 0.3) is 0 Å². The first-order chi connectivity index (χ1) is 19.8. The number of nitrogens with zero attached hydrogens (tertiary/aromatic N) is 6. The summed E-state index contributed by atoms with van der Waals surface area (Å²) in [6.07, 6.45) is 6.22. The van der Waals surface area contributed by atoms with Crippen molar-refractivity contribution >= 4 is 45.6 Å². The largest absolute Gasteiger partial charge is 0.494 e. The number of hydrogen-bond donors (Lipinski definition) is 2. The van der Waals surface area contributed by atoms with Crippen LogP contribution in [0.2, 0.25) is 0 Å². The Balaban J connectivity index is 1.45. The molecule has 1 fully saturated rings. The Kier molecular flexibility index (Phi) is 7.86. The van der Waals surface area contributed by atoms with Crippen LogP contribution in [-0.4, -0.2) is 69.8 Å². The molecule has 2 N–H and O–H groups in total. The number of nitrogens with one attached hydrogen (secondary N) is 2. The first-order valence-corrected chi connectivity index (χ1v) is 13.4. The molecule has 3 heterocycles. The molecule has 1 aliphatic rings. The molecule has 2 aromatic carbocycles. The number of benzene rings is 2. The van der Waals surface area contributed by atoms with E-state index in [1.807, 2.05) is 66.3 Å². The third-order valence-corrected chi connectivity index (χ3v) is 7.57. The van der Waals surface area contributed by atoms with Gasteiger partial charge in [-0.05, 0) is 37.1 Å². The van der Waals surface area contributed by atoms with E-state index in [2.05, 4.69) is 37.2 Å². The van der Waals surface area contributed by atoms with Crippen LogP contribution < -0.4 is 20.3 Å². The van der Waals surface area contributed by atoms with Crippen molar-refractivity contribution in [3.8, 4) is 17.0 Å². The molecule has 2 aromatic heterocycles. The Morgan fingerprint density at radius 2 is 1.90 bits per heavy atom. The third-order valence-electron chi connectivity index (χ3n) is 7.57. The van der Waals surface area contributed by atoms with Gasteiger partial charge in [0.2, 0.25) is 11.8 Å². The zero-order valence-electron chi connectivity index (χ0n) is 23.7. The van der Waals surface area contributed by atoms with E-state index >= 15 is 0 Å². The summed E-state index contributed by atoms with van der Waals surface area (Å²) in [5.74, 6) is 0.921. The number of fused-ring (bicyclic) bond motifs is 1. The topological polar surface area (TPSA) is 118 Å². The molecular formula is C30H34N8O3. The second-order valence-electron chi connectivity index (χ2n) is 10.1. The molecule has 0 aliphatic carbocycles. The first-order valence-electron chi connectivity index (χ1n) is 13.4. The number of hydrogen-bond acceptors (Lipinski definition) is 8. The number of amides is 2. The Bertz CT molecular complexity index is 1610. The lowest BCUT2D eigenvalue weighted by molar-refractivity contribution is -0.129. The Hall–Kier alpha value is -4.93. The molecule has 2 amide bonds. The average molecular weight is 555 g/mol. The van der Waals surface area contributed by atoms with Gasteiger partial charge in [-0.25, -0.2) is 9.97 Å². The first kappa shape index (κ1) is 27.6. The summed E-state index contributed by atoms with van der Waals surface area (Å²) in [5, 5.41) is 11.6. The van der Waals surface area contributed by atoms with E-state index in [4.69, 9.17) is 4.74 Å². The summed E-state index contributed by atoms with van der Waals surface area (Å²) >= 11 is 0. The van der Waals surface area contributed by atoms with Crippen LogP contribution >= 0.6 is 0 Å². The van der Waals surface area contributed by atoms with Gasteiger partial charge in [0.1, 0.15) is 17.9 Å². The molecule has 1 aliphatic heterocycles. The fourth-order valence-electron chi connectivity index (χ4n) is 5.22. The van der Waals surface area contributed by atoms with E-state index in [9.17, 15) is 9.59 Å². The van der Waals surface area contributed by atoms with Gasteiger partial charge in [0.15, 0.2) is 0 Å². The van der Waals surface area contributed by atoms with Crippen LogP contribution in [0.1, 0.15) is 19.8 Å². The van der Waals surface area contributed by atoms with Crippen LogP contribution in [0.3, 0.4) is 0 Å². The highest BCUT2D eigenvalue weighted by Gasteiger charge is 2.26. The molecule has 4 aromatic rings. The quantitative estimate of drug-likeness (QED) is 0.309. The van der Waals surface area contributed by atoms with E-state index in [1.165, 1.54) is 12.4 Å². The van der Waals surface area contributed by atoms with Crippen LogP contribution in [0.15, 0.2) is 61.6 Å². The van der Waals surface area contributed by atoms with E-state index in [1.54, 1.807) is 14.0 Å². The molecule has 5 rings (SSSR count). The van der Waals surface area contributed by atoms with Gasteiger partial charge in [-0.15, -0.1) is 0 Å². The van der Waals surface area contributed by atoms with Crippen molar-refractivity contribution in [3.63, 3.8) is 0 Å². The number of likely N-dealkylation sites (tertiary alicyclic amines) is 1. The van der Waals surface area contributed by atoms with E-state index in [0.717, 1.165) is 40.7 Å². The standard InChI is InChI=1S/C30H34N8O3/c1-6-30(40)35-24-14-25(28(41-5)16-27(24)36(3)22-9-11-38(12-10-22)19(2)39)34-29-15-23(31-18-32-29)20-7-8-26-21(13-20)17-33-37(26)4/h6-8,13-18,22H,1,9-12H2,2-5H3,(H,35,40)(H,31,32,34). The highest BCUT2D eigenvalue weighted by molar-refractivity contribution is 6.02. The molecule has 1 saturated heterocycles. The minimum Gasteiger partial charge on any atom is -0.494 e. The van der Waals surface area contributed by atoms with Crippen molar-refractivity contribution in [3.05, 3.63) is 61.6 Å². The van der Waals surface area contributed by atoms with Crippen molar-refractivity contribution in [2.45, 2.75) is 25.8 Å². The SMILES string of the molecule is C=CC(=O)Nc1cc(Nc2cc(-c3ccc4c(cnn4C)c3)ncn2)c(OC)cc1N(C)C1CCN(C(C)=O)CC1. The predicted octanol–water partition coefficient (Wildman–Crippen LogP) is 4.35. The highest BCUT2D eigenvalue weighted by Crippen LogP contribution is 2.40. The van der Waals surface area contributed by atoms with Crippen molar-refractivity contribution < 1.29 is 14.3 Å². The normalized spacial score (nSPS) is 13.6. The molecule has 0 unspecified atom stereocenters. The molecule has 0 spiro atoms. The highest BCUT2D eigenvalue weighted by atomic mass is 16.5. The minimum atomic E-state index is -0.322. The summed E-state index contributed by atoms with van der Waals surface area (Å²) in [5.41, 5.74) is 4.76. The molecule has 0 atom stereocenters. The fourth-order valence-corrected chi connectivity index (χ4v) is 5.22. The Morgan fingerprint density at radius 3 is 2.61 bits per heavy atom. The van der Waals surface area contributed by atoms with Gasteiger partial charge in [0.05, 0.1) is 41.6 Å². The van der Waals surface area contributed by atoms with Gasteiger partial charge >= 0.3 is 0 Å². The molecule has 0 saturated carbocycles. The fraction of sp³-hybridized carbons (Fsp3) is 0.300. The van der Waals surface area contributed by atoms with Crippen molar-refractivity contribution in [2.75, 3.05) is 42.8 Å². The van der Waals surface area contributed by atoms with Gasteiger partial charge in [-0.1, -0.05) is 12.6 Å². The number of rotatable bonds is 8. The Labute approximate surface area is 238 Å². The van der Waals surface area contributed by atoms with Crippen molar-refractivity contribution in [1.29, 1.82) is 0 Å². The van der Waals surface area contributed by atoms with Gasteiger partial charge in [0, 0.05) is 63.2 Å². The molecule has 11 nitrogen and oxygen atoms in total. The van der Waals surface area contributed by atoms with Gasteiger partial charge in [-0.3, -0.25) is 14.3 Å². The summed E-state index contributed by atoms with van der Waals surface area (Å²) in [7, 11) is 5.51. The van der Waals surface area contributed by atoms with Crippen LogP contribution in [0.25, 0.3) is 22.2 Å². The monoisotopic (exact) mass is 554 g/mol. The summed E-state index contributed by atoms with van der Waals surface area (Å²) in [6.45, 7) is 6.59. The third kappa shape index (κ3) is 5.84. The van der Waals surface area contributed by atoms with Crippen LogP contribution in [-0.2, 0) is 16.6 Å². The van der Waals surface area contributed by atoms with Crippen LogP contribution in [0.5, 0.6) is 5.75 Å². The molecular weight excluding hydrogens is 520 g/mol. The molecule has 0 radical (unpaired) electrons. The van der Waals surface area contributed by atoms with Crippen LogP contribution in [0.4, 0.5) is 22.9 Å². The smallest absolute Gasteiger partial charge is 0.247 e. The number of ether oxygens (including phenoxy) is 1. The number of carbonyl (C=O) groups is 2. The lowest BCUT2D eigenvalue weighted by Crippen LogP contribution is -2.45. The number of aromatic nitrogens is 4. The maximum absolute atomic E-state index is 12.4. The second-order valence-corrected chi connectivity index (χ2v) is 10.1. The number of aryl methyl sites for hydroxylation is 1. The maximum Gasteiger partial charge on any atom is 0.247 e. The summed E-state index contributed by atoms with van der Waals surface area (Å²) in [4.78, 5) is 37.1. The molecule has 212 valence electrons. The maximum atomic E-state index is 12.4. The number of piperidine rings is 1. The Morgan fingerprint density at radius 1 is 1.12 bits per heavy atom. The predicted molar refractivity (Wildman–Crippen MR) is 161 cm³/mol. The number of carbonyl (C=O) groups excluding carboxylic acids is 2. The van der Waals surface area contributed by atoms with Gasteiger partial charge in [-0.2, -0.15) is 5.10 Å². The number of methoxy groups -OCH3 is 1. The van der Waals surface area contributed by atoms with E-state index in [-0.39, 0.29) is 17.9 Å². The average Bonchev–Trinajstić information content (AvgIpc) is 3.36.